The molecule has 3 N–H and O–H groups in total. The molecule has 4 heteroatoms. The molecular formula is C18H27N3O. The number of nitrogens with two attached hydrogens (primary N) is 1. The number of hydrogen-bond acceptors (Lipinski definition) is 3. The summed E-state index contributed by atoms with van der Waals surface area (Å²) in [5, 5.41) is 3.22. The number of fused-ring (bicyclic) bond motifs is 2. The van der Waals surface area contributed by atoms with Gasteiger partial charge in [0.25, 0.3) is 0 Å². The summed E-state index contributed by atoms with van der Waals surface area (Å²) in [6.45, 7) is 1.80. The second kappa shape index (κ2) is 6.01. The smallest absolute Gasteiger partial charge is 0.244 e. The summed E-state index contributed by atoms with van der Waals surface area (Å²) in [6, 6.07) is 11.1. The quantitative estimate of drug-likeness (QED) is 0.897. The summed E-state index contributed by atoms with van der Waals surface area (Å²) < 4.78 is 0. The molecule has 0 aliphatic carbocycles. The van der Waals surface area contributed by atoms with Crippen molar-refractivity contribution in [2.45, 2.75) is 62.7 Å². The Morgan fingerprint density at radius 3 is 2.41 bits per heavy atom. The topological polar surface area (TPSA) is 58.4 Å². The first-order valence-electron chi connectivity index (χ1n) is 8.36. The van der Waals surface area contributed by atoms with Crippen LogP contribution in [0.5, 0.6) is 0 Å². The Labute approximate surface area is 133 Å². The molecule has 3 unspecified atom stereocenters. The second-order valence-corrected chi connectivity index (χ2v) is 7.11. The van der Waals surface area contributed by atoms with Crippen molar-refractivity contribution >= 4 is 5.91 Å². The highest BCUT2D eigenvalue weighted by Crippen LogP contribution is 2.33. The van der Waals surface area contributed by atoms with E-state index in [4.69, 9.17) is 5.73 Å². The third-order valence-electron chi connectivity index (χ3n) is 5.52. The van der Waals surface area contributed by atoms with Crippen molar-refractivity contribution in [2.24, 2.45) is 5.73 Å². The molecule has 2 aliphatic rings. The van der Waals surface area contributed by atoms with Gasteiger partial charge in [-0.1, -0.05) is 36.8 Å². The number of nitrogens with one attached hydrogen (secondary N) is 1. The zero-order valence-electron chi connectivity index (χ0n) is 13.6. The molecule has 1 aromatic rings. The molecule has 1 amide bonds. The van der Waals surface area contributed by atoms with Gasteiger partial charge in [0.15, 0.2) is 0 Å². The summed E-state index contributed by atoms with van der Waals surface area (Å²) >= 11 is 0. The lowest BCUT2D eigenvalue weighted by Gasteiger charge is -2.47. The Morgan fingerprint density at radius 2 is 1.82 bits per heavy atom. The summed E-state index contributed by atoms with van der Waals surface area (Å²) in [6.07, 6.45) is 5.90. The predicted octanol–water partition coefficient (Wildman–Crippen LogP) is 1.99. The van der Waals surface area contributed by atoms with E-state index in [1.807, 2.05) is 30.3 Å². The number of carbonyl (C=O) groups excluding carboxylic acids is 1. The average Bonchev–Trinajstić information content (AvgIpc) is 2.49. The van der Waals surface area contributed by atoms with E-state index < -0.39 is 5.54 Å². The number of nitrogens with zero attached hydrogens (tertiary/aromatic N) is 1. The van der Waals surface area contributed by atoms with Gasteiger partial charge in [-0.3, -0.25) is 4.79 Å². The SMILES string of the molecule is CN1C2CCCC1CC(NC(=O)C(C)(N)c1ccccc1)C2. The Hall–Kier alpha value is -1.39. The van der Waals surface area contributed by atoms with E-state index in [1.165, 1.54) is 19.3 Å². The molecule has 3 rings (SSSR count). The van der Waals surface area contributed by atoms with Crippen molar-refractivity contribution in [3.05, 3.63) is 35.9 Å². The first-order valence-corrected chi connectivity index (χ1v) is 8.36. The second-order valence-electron chi connectivity index (χ2n) is 7.11. The Balaban J connectivity index is 1.67. The monoisotopic (exact) mass is 301 g/mol. The molecule has 0 saturated carbocycles. The van der Waals surface area contributed by atoms with E-state index in [2.05, 4.69) is 17.3 Å². The standard InChI is InChI=1S/C18H27N3O/c1-18(19,13-7-4-3-5-8-13)17(22)20-14-11-15-9-6-10-16(12-14)21(15)2/h3-5,7-8,14-16H,6,9-12,19H2,1-2H3,(H,20,22). The molecule has 2 aliphatic heterocycles. The fourth-order valence-electron chi connectivity index (χ4n) is 3.98. The Morgan fingerprint density at radius 1 is 1.23 bits per heavy atom. The van der Waals surface area contributed by atoms with Crippen molar-refractivity contribution < 1.29 is 4.79 Å². The largest absolute Gasteiger partial charge is 0.351 e. The molecule has 2 fully saturated rings. The third kappa shape index (κ3) is 2.90. The lowest BCUT2D eigenvalue weighted by Crippen LogP contribution is -2.58. The van der Waals surface area contributed by atoms with Crippen LogP contribution < -0.4 is 11.1 Å². The lowest BCUT2D eigenvalue weighted by atomic mass is 9.81. The molecule has 4 nitrogen and oxygen atoms in total. The van der Waals surface area contributed by atoms with Crippen LogP contribution >= 0.6 is 0 Å². The molecule has 0 spiro atoms. The molecule has 22 heavy (non-hydrogen) atoms. The maximum atomic E-state index is 12.7. The molecular weight excluding hydrogens is 274 g/mol. The maximum Gasteiger partial charge on any atom is 0.244 e. The highest BCUT2D eigenvalue weighted by Gasteiger charge is 2.38. The van der Waals surface area contributed by atoms with Gasteiger partial charge in [0.2, 0.25) is 5.91 Å². The van der Waals surface area contributed by atoms with Gasteiger partial charge in [-0.2, -0.15) is 0 Å². The number of piperidine rings is 2. The van der Waals surface area contributed by atoms with E-state index in [0.717, 1.165) is 18.4 Å². The van der Waals surface area contributed by atoms with Gasteiger partial charge in [0.05, 0.1) is 0 Å². The van der Waals surface area contributed by atoms with Gasteiger partial charge in [-0.25, -0.2) is 0 Å². The van der Waals surface area contributed by atoms with Crippen molar-refractivity contribution in [2.75, 3.05) is 7.05 Å². The van der Waals surface area contributed by atoms with Crippen LogP contribution in [0.3, 0.4) is 0 Å². The van der Waals surface area contributed by atoms with Crippen LogP contribution in [0.15, 0.2) is 30.3 Å². The molecule has 0 aromatic heterocycles. The van der Waals surface area contributed by atoms with Crippen molar-refractivity contribution in [3.8, 4) is 0 Å². The van der Waals surface area contributed by atoms with Crippen molar-refractivity contribution in [1.82, 2.24) is 10.2 Å². The number of carbonyl (C=O) groups is 1. The first-order chi connectivity index (χ1) is 10.5. The molecule has 2 heterocycles. The van der Waals surface area contributed by atoms with Crippen LogP contribution in [0, 0.1) is 0 Å². The van der Waals surface area contributed by atoms with Crippen LogP contribution in [0.2, 0.25) is 0 Å². The Bertz CT molecular complexity index is 514. The highest BCUT2D eigenvalue weighted by atomic mass is 16.2. The predicted molar refractivity (Wildman–Crippen MR) is 88.3 cm³/mol. The fraction of sp³-hybridized carbons (Fsp3) is 0.611. The van der Waals surface area contributed by atoms with Gasteiger partial charge in [-0.15, -0.1) is 0 Å². The fourth-order valence-corrected chi connectivity index (χ4v) is 3.98. The van der Waals surface area contributed by atoms with Gasteiger partial charge < -0.3 is 16.0 Å². The van der Waals surface area contributed by atoms with Gasteiger partial charge in [0.1, 0.15) is 5.54 Å². The molecule has 2 saturated heterocycles. The van der Waals surface area contributed by atoms with Crippen LogP contribution in [0.25, 0.3) is 0 Å². The maximum absolute atomic E-state index is 12.7. The summed E-state index contributed by atoms with van der Waals surface area (Å²) in [5.41, 5.74) is 6.21. The van der Waals surface area contributed by atoms with Gasteiger partial charge in [-0.05, 0) is 45.2 Å². The van der Waals surface area contributed by atoms with Gasteiger partial charge >= 0.3 is 0 Å². The lowest BCUT2D eigenvalue weighted by molar-refractivity contribution is -0.127. The summed E-state index contributed by atoms with van der Waals surface area (Å²) in [4.78, 5) is 15.2. The van der Waals surface area contributed by atoms with Crippen LogP contribution in [0.1, 0.15) is 44.6 Å². The Kier molecular flexibility index (Phi) is 4.24. The number of rotatable bonds is 3. The average molecular weight is 301 g/mol. The molecule has 3 atom stereocenters. The molecule has 120 valence electrons. The third-order valence-corrected chi connectivity index (χ3v) is 5.52. The number of hydrogen-bond donors (Lipinski definition) is 2. The summed E-state index contributed by atoms with van der Waals surface area (Å²) in [5.74, 6) is -0.0636. The zero-order valence-corrected chi connectivity index (χ0v) is 13.6. The summed E-state index contributed by atoms with van der Waals surface area (Å²) in [7, 11) is 2.23. The van der Waals surface area contributed by atoms with Gasteiger partial charge in [0, 0.05) is 18.1 Å². The van der Waals surface area contributed by atoms with Crippen LogP contribution in [-0.4, -0.2) is 36.0 Å². The molecule has 2 bridgehead atoms. The van der Waals surface area contributed by atoms with Crippen LogP contribution in [0.4, 0.5) is 0 Å². The number of amides is 1. The first kappa shape index (κ1) is 15.5. The van der Waals surface area contributed by atoms with E-state index >= 15 is 0 Å². The minimum absolute atomic E-state index is 0.0636. The molecule has 0 radical (unpaired) electrons. The van der Waals surface area contributed by atoms with E-state index in [9.17, 15) is 4.79 Å². The van der Waals surface area contributed by atoms with Crippen molar-refractivity contribution in [1.29, 1.82) is 0 Å². The normalized spacial score (nSPS) is 31.3. The van der Waals surface area contributed by atoms with E-state index in [1.54, 1.807) is 6.92 Å². The highest BCUT2D eigenvalue weighted by molar-refractivity contribution is 5.87. The zero-order chi connectivity index (χ0) is 15.7. The van der Waals surface area contributed by atoms with Crippen LogP contribution in [-0.2, 0) is 10.3 Å². The number of benzene rings is 1. The van der Waals surface area contributed by atoms with E-state index in [0.29, 0.717) is 12.1 Å². The molecule has 1 aromatic carbocycles. The van der Waals surface area contributed by atoms with E-state index in [-0.39, 0.29) is 11.9 Å². The minimum atomic E-state index is -0.973. The van der Waals surface area contributed by atoms with Crippen molar-refractivity contribution in [3.63, 3.8) is 0 Å². The minimum Gasteiger partial charge on any atom is -0.351 e.